The summed E-state index contributed by atoms with van der Waals surface area (Å²) < 4.78 is 166. The first-order valence-electron chi connectivity index (χ1n) is 22.1. The zero-order valence-corrected chi connectivity index (χ0v) is 37.0. The molecule has 12 rings (SSSR count). The quantitative estimate of drug-likeness (QED) is 0.134. The maximum absolute atomic E-state index is 15.8. The summed E-state index contributed by atoms with van der Waals surface area (Å²) in [4.78, 5) is 17.6. The van der Waals surface area contributed by atoms with Gasteiger partial charge in [-0.15, -0.1) is 0 Å². The minimum atomic E-state index is -5.99. The number of alkyl halides is 10. The molecule has 19 heteroatoms. The van der Waals surface area contributed by atoms with Crippen molar-refractivity contribution in [2.75, 3.05) is 0 Å². The highest BCUT2D eigenvalue weighted by atomic mass is 19.4. The Morgan fingerprint density at radius 3 is 1.14 bits per heavy atom. The highest BCUT2D eigenvalue weighted by Gasteiger charge is 2.61. The summed E-state index contributed by atoms with van der Waals surface area (Å²) in [6, 6.07) is 36.9. The van der Waals surface area contributed by atoms with Gasteiger partial charge in [-0.2, -0.15) is 43.9 Å². The summed E-state index contributed by atoms with van der Waals surface area (Å²) in [7, 11) is 0. The van der Waals surface area contributed by atoms with E-state index in [1.54, 1.807) is 83.4 Å². The van der Waals surface area contributed by atoms with Gasteiger partial charge in [0, 0.05) is 92.5 Å². The largest absolute Gasteiger partial charge is 0.458 e. The van der Waals surface area contributed by atoms with Crippen molar-refractivity contribution >= 4 is 65.4 Å². The Kier molecular flexibility index (Phi) is 10.1. The molecule has 6 heterocycles. The summed E-state index contributed by atoms with van der Waals surface area (Å²) >= 11 is 0. The number of benzene rings is 6. The van der Waals surface area contributed by atoms with Crippen LogP contribution in [0.4, 0.5) is 43.9 Å². The maximum atomic E-state index is 15.8. The van der Waals surface area contributed by atoms with E-state index in [1.807, 2.05) is 0 Å². The predicted molar refractivity (Wildman–Crippen MR) is 254 cm³/mol. The fourth-order valence-corrected chi connectivity index (χ4v) is 9.52. The Hall–Kier alpha value is -9.00. The standard InChI is InChI=1S/C54H29F10N7O2/c55-51(56,53(59,60)61)38-24-32(28-44-48(38)36-10-1-3-12-40(36)69(44)46-14-5-7-20-65-46)72-30-16-18-34-35-19-17-31(27-43(35)71(42(34)26-30)50-67-22-9-23-68-50)73-33-25-39(52(57,58)54(62,63)64)49-37-11-2-4-13-41(37)70(45(49)29-33)47-15-6-8-21-66-47/h1-29H. The molecule has 0 aliphatic carbocycles. The number of hydrogen-bond acceptors (Lipinski definition) is 6. The van der Waals surface area contributed by atoms with E-state index in [4.69, 9.17) is 9.47 Å². The first kappa shape index (κ1) is 45.2. The van der Waals surface area contributed by atoms with Gasteiger partial charge in [-0.1, -0.05) is 48.5 Å². The van der Waals surface area contributed by atoms with Gasteiger partial charge in [0.1, 0.15) is 34.6 Å². The molecule has 0 unspecified atom stereocenters. The number of halogens is 10. The van der Waals surface area contributed by atoms with Crippen molar-refractivity contribution in [2.45, 2.75) is 24.2 Å². The molecule has 0 N–H and O–H groups in total. The van der Waals surface area contributed by atoms with Crippen molar-refractivity contribution in [1.82, 2.24) is 33.6 Å². The monoisotopic (exact) mass is 997 g/mol. The molecule has 6 aromatic heterocycles. The van der Waals surface area contributed by atoms with Crippen LogP contribution in [0.3, 0.4) is 0 Å². The molecule has 0 aliphatic heterocycles. The SMILES string of the molecule is FC(F)(F)C(F)(F)c1cc(Oc2ccc3c4ccc(Oc5cc(C(F)(F)C(F)(F)F)c6c7ccccc7n(-c7ccccn7)c6c5)cc4n(-c4ncccn4)c3c2)cc2c1c1ccccc1n2-c1ccccn1. The molecule has 0 fully saturated rings. The molecule has 73 heavy (non-hydrogen) atoms. The number of rotatable bonds is 9. The molecule has 0 saturated carbocycles. The average Bonchev–Trinajstić information content (AvgIpc) is 4.01. The van der Waals surface area contributed by atoms with Crippen LogP contribution in [0.2, 0.25) is 0 Å². The fourth-order valence-electron chi connectivity index (χ4n) is 9.52. The van der Waals surface area contributed by atoms with E-state index in [9.17, 15) is 26.3 Å². The normalized spacial score (nSPS) is 12.8. The van der Waals surface area contributed by atoms with Gasteiger partial charge in [-0.05, 0) is 78.9 Å². The third-order valence-corrected chi connectivity index (χ3v) is 12.6. The molecule has 0 spiro atoms. The van der Waals surface area contributed by atoms with Crippen molar-refractivity contribution < 1.29 is 53.4 Å². The van der Waals surface area contributed by atoms with Gasteiger partial charge in [-0.25, -0.2) is 19.9 Å². The van der Waals surface area contributed by atoms with E-state index in [-0.39, 0.29) is 73.2 Å². The van der Waals surface area contributed by atoms with Crippen molar-refractivity contribution in [3.8, 4) is 40.6 Å². The number of hydrogen-bond donors (Lipinski definition) is 0. The van der Waals surface area contributed by atoms with Gasteiger partial charge in [0.05, 0.1) is 33.1 Å². The van der Waals surface area contributed by atoms with Crippen LogP contribution in [0.1, 0.15) is 11.1 Å². The number of nitrogens with zero attached hydrogens (tertiary/aromatic N) is 7. The molecular weight excluding hydrogens is 969 g/mol. The van der Waals surface area contributed by atoms with E-state index >= 15 is 17.6 Å². The Bertz CT molecular complexity index is 3890. The minimum absolute atomic E-state index is 0.000183. The third-order valence-electron chi connectivity index (χ3n) is 12.6. The number of para-hydroxylation sites is 2. The van der Waals surface area contributed by atoms with Gasteiger partial charge in [0.2, 0.25) is 5.95 Å². The Morgan fingerprint density at radius 2 is 0.726 bits per heavy atom. The zero-order valence-electron chi connectivity index (χ0n) is 37.0. The fraction of sp³-hybridized carbons (Fsp3) is 0.0741. The Labute approximate surface area is 403 Å². The summed E-state index contributed by atoms with van der Waals surface area (Å²) in [5.74, 6) is -10.8. The maximum Gasteiger partial charge on any atom is 0.458 e. The molecule has 0 amide bonds. The van der Waals surface area contributed by atoms with Gasteiger partial charge >= 0.3 is 24.2 Å². The lowest BCUT2D eigenvalue weighted by atomic mass is 10.00. The lowest BCUT2D eigenvalue weighted by Gasteiger charge is -2.22. The van der Waals surface area contributed by atoms with Crippen molar-refractivity contribution in [2.24, 2.45) is 0 Å². The first-order valence-corrected chi connectivity index (χ1v) is 22.1. The third kappa shape index (κ3) is 7.16. The molecule has 0 aliphatic rings. The van der Waals surface area contributed by atoms with E-state index in [0.29, 0.717) is 45.0 Å². The second-order valence-corrected chi connectivity index (χ2v) is 16.9. The smallest absolute Gasteiger partial charge is 0.457 e. The van der Waals surface area contributed by atoms with Gasteiger partial charge < -0.3 is 9.47 Å². The van der Waals surface area contributed by atoms with Crippen LogP contribution in [-0.2, 0) is 11.8 Å². The van der Waals surface area contributed by atoms with Gasteiger partial charge in [-0.3, -0.25) is 13.7 Å². The van der Waals surface area contributed by atoms with Crippen molar-refractivity contribution in [3.05, 3.63) is 188 Å². The number of ether oxygens (including phenoxy) is 2. The molecule has 0 saturated heterocycles. The number of pyridine rings is 2. The van der Waals surface area contributed by atoms with Crippen LogP contribution in [-0.4, -0.2) is 46.0 Å². The van der Waals surface area contributed by atoms with Crippen LogP contribution < -0.4 is 9.47 Å². The van der Waals surface area contributed by atoms with Crippen molar-refractivity contribution in [3.63, 3.8) is 0 Å². The molecule has 9 nitrogen and oxygen atoms in total. The van der Waals surface area contributed by atoms with Crippen LogP contribution in [0.25, 0.3) is 83.0 Å². The molecule has 12 aromatic rings. The van der Waals surface area contributed by atoms with E-state index < -0.39 is 35.3 Å². The summed E-state index contributed by atoms with van der Waals surface area (Å²) in [6.07, 6.45) is -6.16. The number of fused-ring (bicyclic) bond motifs is 9. The molecule has 0 bridgehead atoms. The van der Waals surface area contributed by atoms with Crippen LogP contribution in [0.5, 0.6) is 23.0 Å². The molecule has 6 aromatic carbocycles. The predicted octanol–water partition coefficient (Wildman–Crippen LogP) is 15.5. The van der Waals surface area contributed by atoms with Gasteiger partial charge in [0.15, 0.2) is 0 Å². The number of aromatic nitrogens is 7. The topological polar surface area (TPSA) is 84.8 Å². The molecule has 0 radical (unpaired) electrons. The van der Waals surface area contributed by atoms with E-state index in [1.165, 1.54) is 94.6 Å². The second kappa shape index (κ2) is 16.3. The summed E-state index contributed by atoms with van der Waals surface area (Å²) in [5.41, 5.74) is -1.42. The molecule has 362 valence electrons. The highest BCUT2D eigenvalue weighted by Crippen LogP contribution is 2.52. The van der Waals surface area contributed by atoms with Crippen LogP contribution in [0.15, 0.2) is 176 Å². The first-order chi connectivity index (χ1) is 35.0. The lowest BCUT2D eigenvalue weighted by molar-refractivity contribution is -0.288. The lowest BCUT2D eigenvalue weighted by Crippen LogP contribution is -2.33. The minimum Gasteiger partial charge on any atom is -0.457 e. The average molecular weight is 998 g/mol. The van der Waals surface area contributed by atoms with E-state index in [0.717, 1.165) is 0 Å². The van der Waals surface area contributed by atoms with E-state index in [2.05, 4.69) is 19.9 Å². The van der Waals surface area contributed by atoms with Crippen molar-refractivity contribution in [1.29, 1.82) is 0 Å². The molecular formula is C54H29F10N7O2. The summed E-state index contributed by atoms with van der Waals surface area (Å²) in [5, 5.41) is 0.630. The Balaban J connectivity index is 1.02. The van der Waals surface area contributed by atoms with Gasteiger partial charge in [0.25, 0.3) is 0 Å². The molecule has 0 atom stereocenters. The van der Waals surface area contributed by atoms with Crippen LogP contribution in [0, 0.1) is 0 Å². The summed E-state index contributed by atoms with van der Waals surface area (Å²) in [6.45, 7) is 0. The second-order valence-electron chi connectivity index (χ2n) is 16.9. The zero-order chi connectivity index (χ0) is 50.6. The Morgan fingerprint density at radius 1 is 0.329 bits per heavy atom. The highest BCUT2D eigenvalue weighted by molar-refractivity contribution is 6.13. The van der Waals surface area contributed by atoms with Crippen LogP contribution >= 0.6 is 0 Å².